The minimum Gasteiger partial charge on any atom is -0.491 e. The molecule has 0 radical (unpaired) electrons. The van der Waals surface area contributed by atoms with Crippen LogP contribution in [-0.2, 0) is 6.54 Å². The fourth-order valence-corrected chi connectivity index (χ4v) is 3.67. The van der Waals surface area contributed by atoms with Crippen LogP contribution in [-0.4, -0.2) is 52.3 Å². The molecule has 1 saturated heterocycles. The Labute approximate surface area is 164 Å². The molecule has 6 nitrogen and oxygen atoms in total. The standard InChI is InChI=1S/C21H25FN4O2/c1-14(2)28-16-4-3-15-11-23-20(17(15)9-16)18-10-19(25-13-24-18)26-7-5-21(22,12-27)6-8-26/h3-4,9-10,13-14,27H,5-8,11-12H2,1-2H3. The first-order valence-electron chi connectivity index (χ1n) is 9.69. The zero-order chi connectivity index (χ0) is 19.7. The van der Waals surface area contributed by atoms with Gasteiger partial charge in [-0.1, -0.05) is 6.07 Å². The number of fused-ring (bicyclic) bond motifs is 1. The van der Waals surface area contributed by atoms with Crippen molar-refractivity contribution in [2.75, 3.05) is 24.6 Å². The maximum atomic E-state index is 14.3. The molecular formula is C21H25FN4O2. The summed E-state index contributed by atoms with van der Waals surface area (Å²) in [5.74, 6) is 1.58. The lowest BCUT2D eigenvalue weighted by molar-refractivity contribution is 0.0480. The Morgan fingerprint density at radius 1 is 1.21 bits per heavy atom. The number of anilines is 1. The zero-order valence-corrected chi connectivity index (χ0v) is 16.2. The third-order valence-electron chi connectivity index (χ3n) is 5.28. The number of rotatable bonds is 5. The van der Waals surface area contributed by atoms with Gasteiger partial charge in [0.25, 0.3) is 0 Å². The molecule has 148 valence electrons. The van der Waals surface area contributed by atoms with Crippen LogP contribution in [0.1, 0.15) is 43.5 Å². The third kappa shape index (κ3) is 3.71. The molecule has 0 bridgehead atoms. The second-order valence-corrected chi connectivity index (χ2v) is 7.71. The number of benzene rings is 1. The van der Waals surface area contributed by atoms with Crippen molar-refractivity contribution in [3.8, 4) is 5.75 Å². The number of halogens is 1. The Morgan fingerprint density at radius 3 is 2.71 bits per heavy atom. The first-order chi connectivity index (χ1) is 13.5. The van der Waals surface area contributed by atoms with Crippen molar-refractivity contribution >= 4 is 11.5 Å². The molecule has 1 N–H and O–H groups in total. The Kier molecular flexibility index (Phi) is 5.02. The molecule has 0 unspecified atom stereocenters. The van der Waals surface area contributed by atoms with E-state index < -0.39 is 12.3 Å². The van der Waals surface area contributed by atoms with Gasteiger partial charge < -0.3 is 14.7 Å². The smallest absolute Gasteiger partial charge is 0.137 e. The number of nitrogens with zero attached hydrogens (tertiary/aromatic N) is 4. The fraction of sp³-hybridized carbons (Fsp3) is 0.476. The van der Waals surface area contributed by atoms with E-state index in [0.29, 0.717) is 32.5 Å². The van der Waals surface area contributed by atoms with Gasteiger partial charge in [-0.05, 0) is 31.5 Å². The second kappa shape index (κ2) is 7.47. The van der Waals surface area contributed by atoms with E-state index >= 15 is 0 Å². The second-order valence-electron chi connectivity index (χ2n) is 7.71. The molecule has 1 aromatic heterocycles. The van der Waals surface area contributed by atoms with Crippen molar-refractivity contribution in [1.82, 2.24) is 9.97 Å². The largest absolute Gasteiger partial charge is 0.491 e. The fourth-order valence-electron chi connectivity index (χ4n) is 3.67. The van der Waals surface area contributed by atoms with E-state index in [0.717, 1.165) is 34.1 Å². The summed E-state index contributed by atoms with van der Waals surface area (Å²) in [6, 6.07) is 7.95. The van der Waals surface area contributed by atoms with Crippen LogP contribution in [0, 0.1) is 0 Å². The quantitative estimate of drug-likeness (QED) is 0.858. The van der Waals surface area contributed by atoms with Gasteiger partial charge in [0.05, 0.1) is 30.7 Å². The molecule has 1 fully saturated rings. The SMILES string of the molecule is CC(C)Oc1ccc2c(c1)C(c1cc(N3CCC(F)(CO)CC3)ncn1)=NC2. The number of aliphatic hydroxyl groups is 1. The summed E-state index contributed by atoms with van der Waals surface area (Å²) in [6.07, 6.45) is 2.22. The Hall–Kier alpha value is -2.54. The number of hydrogen-bond donors (Lipinski definition) is 1. The van der Waals surface area contributed by atoms with Crippen molar-refractivity contribution in [3.63, 3.8) is 0 Å². The van der Waals surface area contributed by atoms with Crippen LogP contribution >= 0.6 is 0 Å². The van der Waals surface area contributed by atoms with Gasteiger partial charge in [0.2, 0.25) is 0 Å². The topological polar surface area (TPSA) is 70.8 Å². The van der Waals surface area contributed by atoms with E-state index in [4.69, 9.17) is 4.74 Å². The molecule has 2 aliphatic rings. The van der Waals surface area contributed by atoms with Crippen LogP contribution < -0.4 is 9.64 Å². The van der Waals surface area contributed by atoms with Crippen LogP contribution in [0.2, 0.25) is 0 Å². The van der Waals surface area contributed by atoms with Crippen molar-refractivity contribution in [2.45, 2.75) is 45.0 Å². The highest BCUT2D eigenvalue weighted by molar-refractivity contribution is 6.14. The highest BCUT2D eigenvalue weighted by Crippen LogP contribution is 2.30. The number of aromatic nitrogens is 2. The molecule has 0 aliphatic carbocycles. The van der Waals surface area contributed by atoms with E-state index in [1.165, 1.54) is 6.33 Å². The van der Waals surface area contributed by atoms with Crippen LogP contribution in [0.5, 0.6) is 5.75 Å². The predicted molar refractivity (Wildman–Crippen MR) is 106 cm³/mol. The molecule has 0 atom stereocenters. The maximum absolute atomic E-state index is 14.3. The summed E-state index contributed by atoms with van der Waals surface area (Å²) in [5, 5.41) is 9.22. The maximum Gasteiger partial charge on any atom is 0.137 e. The van der Waals surface area contributed by atoms with Gasteiger partial charge >= 0.3 is 0 Å². The van der Waals surface area contributed by atoms with E-state index in [1.54, 1.807) is 0 Å². The van der Waals surface area contributed by atoms with E-state index in [1.807, 2.05) is 43.0 Å². The lowest BCUT2D eigenvalue weighted by Gasteiger charge is -2.35. The number of aliphatic hydroxyl groups excluding tert-OH is 1. The first kappa shape index (κ1) is 18.8. The number of ether oxygens (including phenoxy) is 1. The molecule has 3 heterocycles. The predicted octanol–water partition coefficient (Wildman–Crippen LogP) is 2.92. The Morgan fingerprint density at radius 2 is 2.00 bits per heavy atom. The minimum absolute atomic E-state index is 0.103. The molecule has 1 aromatic carbocycles. The molecule has 2 aliphatic heterocycles. The summed E-state index contributed by atoms with van der Waals surface area (Å²) in [6.45, 7) is 5.23. The summed E-state index contributed by atoms with van der Waals surface area (Å²) < 4.78 is 20.1. The molecule has 0 amide bonds. The normalized spacial score (nSPS) is 18.2. The molecule has 0 spiro atoms. The van der Waals surface area contributed by atoms with Crippen molar-refractivity contribution < 1.29 is 14.2 Å². The van der Waals surface area contributed by atoms with Gasteiger partial charge in [-0.15, -0.1) is 0 Å². The van der Waals surface area contributed by atoms with Crippen LogP contribution in [0.15, 0.2) is 35.6 Å². The number of alkyl halides is 1. The van der Waals surface area contributed by atoms with Gasteiger partial charge in [-0.25, -0.2) is 14.4 Å². The lowest BCUT2D eigenvalue weighted by Crippen LogP contribution is -2.44. The van der Waals surface area contributed by atoms with E-state index in [2.05, 4.69) is 15.0 Å². The third-order valence-corrected chi connectivity index (χ3v) is 5.28. The summed E-state index contributed by atoms with van der Waals surface area (Å²) in [5.41, 5.74) is 2.29. The van der Waals surface area contributed by atoms with Crippen LogP contribution in [0.25, 0.3) is 0 Å². The number of hydrogen-bond acceptors (Lipinski definition) is 6. The zero-order valence-electron chi connectivity index (χ0n) is 16.2. The van der Waals surface area contributed by atoms with Gasteiger partial charge in [0, 0.05) is 37.6 Å². The highest BCUT2D eigenvalue weighted by Gasteiger charge is 2.34. The van der Waals surface area contributed by atoms with E-state index in [-0.39, 0.29) is 6.10 Å². The molecule has 28 heavy (non-hydrogen) atoms. The van der Waals surface area contributed by atoms with Gasteiger partial charge in [0.15, 0.2) is 0 Å². The monoisotopic (exact) mass is 384 g/mol. The number of aliphatic imine (C=N–C) groups is 1. The number of piperidine rings is 1. The Bertz CT molecular complexity index is 892. The lowest BCUT2D eigenvalue weighted by atomic mass is 9.94. The van der Waals surface area contributed by atoms with Gasteiger partial charge in [-0.3, -0.25) is 4.99 Å². The molecule has 7 heteroatoms. The van der Waals surface area contributed by atoms with Crippen molar-refractivity contribution in [2.24, 2.45) is 4.99 Å². The highest BCUT2D eigenvalue weighted by atomic mass is 19.1. The van der Waals surface area contributed by atoms with Crippen LogP contribution in [0.3, 0.4) is 0 Å². The first-order valence-corrected chi connectivity index (χ1v) is 9.69. The average molecular weight is 384 g/mol. The average Bonchev–Trinajstić information content (AvgIpc) is 3.11. The Balaban J connectivity index is 1.57. The van der Waals surface area contributed by atoms with Crippen molar-refractivity contribution in [3.05, 3.63) is 47.4 Å². The summed E-state index contributed by atoms with van der Waals surface area (Å²) in [4.78, 5) is 15.5. The molecule has 0 saturated carbocycles. The van der Waals surface area contributed by atoms with Crippen LogP contribution in [0.4, 0.5) is 10.2 Å². The molecular weight excluding hydrogens is 359 g/mol. The molecule has 4 rings (SSSR count). The minimum atomic E-state index is -1.48. The molecule has 2 aromatic rings. The summed E-state index contributed by atoms with van der Waals surface area (Å²) in [7, 11) is 0. The van der Waals surface area contributed by atoms with Gasteiger partial charge in [0.1, 0.15) is 23.6 Å². The van der Waals surface area contributed by atoms with Crippen molar-refractivity contribution in [1.29, 1.82) is 0 Å². The summed E-state index contributed by atoms with van der Waals surface area (Å²) >= 11 is 0. The van der Waals surface area contributed by atoms with E-state index in [9.17, 15) is 9.50 Å². The van der Waals surface area contributed by atoms with Gasteiger partial charge in [-0.2, -0.15) is 0 Å².